The maximum Gasteiger partial charge on any atom is 0.208 e. The number of aromatic nitrogens is 4. The highest BCUT2D eigenvalue weighted by atomic mass is 16.4. The lowest BCUT2D eigenvalue weighted by atomic mass is 9.97. The first-order valence-corrected chi connectivity index (χ1v) is 11.6. The van der Waals surface area contributed by atoms with Gasteiger partial charge in [-0.05, 0) is 66.0 Å². The van der Waals surface area contributed by atoms with E-state index < -0.39 is 0 Å². The highest BCUT2D eigenvalue weighted by Gasteiger charge is 2.23. The van der Waals surface area contributed by atoms with Crippen molar-refractivity contribution < 1.29 is 4.42 Å². The zero-order chi connectivity index (χ0) is 21.8. The van der Waals surface area contributed by atoms with E-state index in [1.165, 1.54) is 0 Å². The fourth-order valence-corrected chi connectivity index (χ4v) is 4.41. The Balaban J connectivity index is 1.25. The van der Waals surface area contributed by atoms with Crippen LogP contribution in [-0.2, 0) is 19.5 Å². The third-order valence-electron chi connectivity index (χ3n) is 6.30. The first kappa shape index (κ1) is 21.8. The molecule has 1 fully saturated rings. The SMILES string of the molecule is CCNC(=NCC1CCN(Cc2nc(C)c(C)o2)CC1)NC1CCc2nc(C)nn2C1. The van der Waals surface area contributed by atoms with E-state index in [0.717, 1.165) is 99.9 Å². The van der Waals surface area contributed by atoms with Crippen molar-refractivity contribution in [2.24, 2.45) is 10.9 Å². The minimum Gasteiger partial charge on any atom is -0.444 e. The lowest BCUT2D eigenvalue weighted by Crippen LogP contribution is -2.47. The molecule has 0 spiro atoms. The molecule has 2 aliphatic heterocycles. The largest absolute Gasteiger partial charge is 0.444 e. The Kier molecular flexibility index (Phi) is 6.89. The number of hydrogen-bond acceptors (Lipinski definition) is 6. The van der Waals surface area contributed by atoms with Gasteiger partial charge in [0.15, 0.2) is 5.96 Å². The topological polar surface area (TPSA) is 96.4 Å². The number of guanidine groups is 1. The van der Waals surface area contributed by atoms with Gasteiger partial charge in [0.05, 0.1) is 18.8 Å². The number of rotatable bonds is 6. The van der Waals surface area contributed by atoms with Crippen LogP contribution >= 0.6 is 0 Å². The number of likely N-dealkylation sites (tertiary alicyclic amines) is 1. The number of nitrogens with zero attached hydrogens (tertiary/aromatic N) is 6. The molecule has 1 unspecified atom stereocenters. The summed E-state index contributed by atoms with van der Waals surface area (Å²) in [5.41, 5.74) is 0.996. The molecule has 2 aromatic rings. The van der Waals surface area contributed by atoms with Gasteiger partial charge in [-0.2, -0.15) is 5.10 Å². The van der Waals surface area contributed by atoms with Crippen LogP contribution in [0.1, 0.15) is 55.2 Å². The highest BCUT2D eigenvalue weighted by Crippen LogP contribution is 2.20. The number of hydrogen-bond donors (Lipinski definition) is 2. The monoisotopic (exact) mass is 428 g/mol. The summed E-state index contributed by atoms with van der Waals surface area (Å²) >= 11 is 0. The Labute approximate surface area is 184 Å². The maximum absolute atomic E-state index is 5.74. The molecule has 4 heterocycles. The minimum atomic E-state index is 0.334. The summed E-state index contributed by atoms with van der Waals surface area (Å²) in [6.45, 7) is 13.6. The fraction of sp³-hybridized carbons (Fsp3) is 0.727. The van der Waals surface area contributed by atoms with E-state index in [0.29, 0.717) is 12.0 Å². The first-order chi connectivity index (χ1) is 15.0. The number of piperidine rings is 1. The normalized spacial score (nSPS) is 20.6. The molecule has 31 heavy (non-hydrogen) atoms. The van der Waals surface area contributed by atoms with Crippen molar-refractivity contribution >= 4 is 5.96 Å². The quantitative estimate of drug-likeness (QED) is 0.536. The summed E-state index contributed by atoms with van der Waals surface area (Å²) in [5, 5.41) is 11.5. The van der Waals surface area contributed by atoms with Crippen LogP contribution in [-0.4, -0.2) is 62.8 Å². The van der Waals surface area contributed by atoms with Gasteiger partial charge in [-0.1, -0.05) is 0 Å². The van der Waals surface area contributed by atoms with E-state index in [4.69, 9.17) is 9.41 Å². The molecule has 9 nitrogen and oxygen atoms in total. The van der Waals surface area contributed by atoms with Crippen LogP contribution in [0.4, 0.5) is 0 Å². The molecule has 9 heteroatoms. The molecule has 2 aliphatic rings. The van der Waals surface area contributed by atoms with Crippen molar-refractivity contribution in [1.82, 2.24) is 35.3 Å². The molecule has 1 atom stereocenters. The molecular weight excluding hydrogens is 392 g/mol. The number of nitrogens with one attached hydrogen (secondary N) is 2. The molecule has 2 N–H and O–H groups in total. The standard InChI is InChI=1S/C22H36N8O/c1-5-23-22(27-19-6-7-20-26-17(4)28-30(20)13-19)24-12-18-8-10-29(11-9-18)14-21-25-15(2)16(3)31-21/h18-19H,5-14H2,1-4H3,(H2,23,24,27). The fourth-order valence-electron chi connectivity index (χ4n) is 4.41. The van der Waals surface area contributed by atoms with Crippen LogP contribution in [0.15, 0.2) is 9.41 Å². The van der Waals surface area contributed by atoms with E-state index in [2.05, 4.69) is 37.5 Å². The van der Waals surface area contributed by atoms with E-state index in [9.17, 15) is 0 Å². The number of aryl methyl sites for hydroxylation is 4. The molecule has 1 saturated heterocycles. The van der Waals surface area contributed by atoms with Gasteiger partial charge in [-0.15, -0.1) is 0 Å². The van der Waals surface area contributed by atoms with Crippen LogP contribution in [0.2, 0.25) is 0 Å². The van der Waals surface area contributed by atoms with E-state index in [1.807, 2.05) is 25.5 Å². The molecule has 2 aromatic heterocycles. The van der Waals surface area contributed by atoms with Crippen LogP contribution in [0, 0.1) is 26.7 Å². The molecule has 0 bridgehead atoms. The van der Waals surface area contributed by atoms with Crippen molar-refractivity contribution in [3.05, 3.63) is 29.0 Å². The zero-order valence-corrected chi connectivity index (χ0v) is 19.3. The summed E-state index contributed by atoms with van der Waals surface area (Å²) in [6, 6.07) is 0.334. The zero-order valence-electron chi connectivity index (χ0n) is 19.3. The van der Waals surface area contributed by atoms with Gasteiger partial charge in [-0.25, -0.2) is 14.6 Å². The Morgan fingerprint density at radius 3 is 2.68 bits per heavy atom. The summed E-state index contributed by atoms with van der Waals surface area (Å²) < 4.78 is 7.78. The van der Waals surface area contributed by atoms with Crippen LogP contribution in [0.3, 0.4) is 0 Å². The molecular formula is C22H36N8O. The second kappa shape index (κ2) is 9.80. The van der Waals surface area contributed by atoms with Crippen molar-refractivity contribution in [3.8, 4) is 0 Å². The van der Waals surface area contributed by atoms with Gasteiger partial charge >= 0.3 is 0 Å². The highest BCUT2D eigenvalue weighted by molar-refractivity contribution is 5.80. The average Bonchev–Trinajstić information content (AvgIpc) is 3.27. The number of oxazole rings is 1. The summed E-state index contributed by atoms with van der Waals surface area (Å²) in [7, 11) is 0. The Bertz CT molecular complexity index is 874. The van der Waals surface area contributed by atoms with Crippen molar-refractivity contribution in [3.63, 3.8) is 0 Å². The van der Waals surface area contributed by atoms with E-state index in [-0.39, 0.29) is 0 Å². The van der Waals surface area contributed by atoms with Crippen molar-refractivity contribution in [1.29, 1.82) is 0 Å². The van der Waals surface area contributed by atoms with E-state index >= 15 is 0 Å². The van der Waals surface area contributed by atoms with Crippen LogP contribution in [0.25, 0.3) is 0 Å². The molecule has 0 saturated carbocycles. The second-order valence-electron chi connectivity index (χ2n) is 8.83. The average molecular weight is 429 g/mol. The molecule has 0 aliphatic carbocycles. The summed E-state index contributed by atoms with van der Waals surface area (Å²) in [4.78, 5) is 16.4. The molecule has 4 rings (SSSR count). The Hall–Kier alpha value is -2.42. The van der Waals surface area contributed by atoms with Crippen molar-refractivity contribution in [2.75, 3.05) is 26.2 Å². The Morgan fingerprint density at radius 1 is 1.16 bits per heavy atom. The lowest BCUT2D eigenvalue weighted by molar-refractivity contribution is 0.166. The molecule has 170 valence electrons. The Morgan fingerprint density at radius 2 is 1.97 bits per heavy atom. The van der Waals surface area contributed by atoms with Gasteiger partial charge in [0, 0.05) is 25.6 Å². The molecule has 0 radical (unpaired) electrons. The third-order valence-corrected chi connectivity index (χ3v) is 6.30. The van der Waals surface area contributed by atoms with Gasteiger partial charge < -0.3 is 15.1 Å². The van der Waals surface area contributed by atoms with Gasteiger partial charge in [0.25, 0.3) is 0 Å². The van der Waals surface area contributed by atoms with Crippen LogP contribution in [0.5, 0.6) is 0 Å². The summed E-state index contributed by atoms with van der Waals surface area (Å²) in [5.74, 6) is 5.26. The van der Waals surface area contributed by atoms with Crippen LogP contribution < -0.4 is 10.6 Å². The second-order valence-corrected chi connectivity index (χ2v) is 8.83. The maximum atomic E-state index is 5.74. The molecule has 0 amide bonds. The predicted molar refractivity (Wildman–Crippen MR) is 120 cm³/mol. The third kappa shape index (κ3) is 5.64. The van der Waals surface area contributed by atoms with E-state index in [1.54, 1.807) is 0 Å². The number of fused-ring (bicyclic) bond motifs is 1. The smallest absolute Gasteiger partial charge is 0.208 e. The summed E-state index contributed by atoms with van der Waals surface area (Å²) in [6.07, 6.45) is 4.33. The lowest BCUT2D eigenvalue weighted by Gasteiger charge is -2.30. The first-order valence-electron chi connectivity index (χ1n) is 11.6. The van der Waals surface area contributed by atoms with Gasteiger partial charge in [-0.3, -0.25) is 9.89 Å². The number of aliphatic imine (C=N–C) groups is 1. The molecule has 0 aromatic carbocycles. The predicted octanol–water partition coefficient (Wildman–Crippen LogP) is 1.97. The van der Waals surface area contributed by atoms with Gasteiger partial charge in [0.1, 0.15) is 17.4 Å². The minimum absolute atomic E-state index is 0.334. The van der Waals surface area contributed by atoms with Crippen molar-refractivity contribution in [2.45, 2.75) is 72.5 Å². The van der Waals surface area contributed by atoms with Gasteiger partial charge in [0.2, 0.25) is 5.89 Å².